The number of rotatable bonds is 11. The van der Waals surface area contributed by atoms with Gasteiger partial charge in [-0.1, -0.05) is 22.6 Å². The van der Waals surface area contributed by atoms with Gasteiger partial charge in [0.1, 0.15) is 28.2 Å². The van der Waals surface area contributed by atoms with Crippen LogP contribution in [-0.2, 0) is 19.1 Å². The number of ether oxygens (including phenoxy) is 2. The summed E-state index contributed by atoms with van der Waals surface area (Å²) in [5, 5.41) is 0.847. The number of fused-ring (bicyclic) bond motifs is 2. The first kappa shape index (κ1) is 45.9. The van der Waals surface area contributed by atoms with Gasteiger partial charge >= 0.3 is 0 Å². The maximum absolute atomic E-state index is 14.3. The van der Waals surface area contributed by atoms with E-state index in [-0.39, 0.29) is 23.6 Å². The SMILES string of the molecule is CI.CN(C(=O)CN1CCOCC1)C1CC(C2CC2)CN(c2ccc(F)c3ncccc23)C1.O=C(CC1CC(C2CC2)CN(c2ccc(F)c3nccnc23)C1)CN1CCOCC1. The number of benzene rings is 2. The van der Waals surface area contributed by atoms with E-state index in [4.69, 9.17) is 9.47 Å². The van der Waals surface area contributed by atoms with Crippen LogP contribution in [0.15, 0.2) is 55.0 Å². The minimum atomic E-state index is -0.338. The van der Waals surface area contributed by atoms with Gasteiger partial charge in [-0.05, 0) is 109 Å². The smallest absolute Gasteiger partial charge is 0.236 e. The zero-order valence-electron chi connectivity index (χ0n) is 36.9. The van der Waals surface area contributed by atoms with Crippen LogP contribution in [0.3, 0.4) is 0 Å². The molecule has 2 aliphatic carbocycles. The van der Waals surface area contributed by atoms with E-state index in [9.17, 15) is 18.4 Å². The number of hydrogen-bond donors (Lipinski definition) is 0. The Morgan fingerprint density at radius 3 is 1.87 bits per heavy atom. The maximum atomic E-state index is 14.3. The van der Waals surface area contributed by atoms with Crippen LogP contribution < -0.4 is 9.80 Å². The number of carbonyl (C=O) groups excluding carboxylic acids is 2. The second kappa shape index (κ2) is 21.6. The molecule has 6 aliphatic rings. The zero-order chi connectivity index (χ0) is 43.9. The van der Waals surface area contributed by atoms with Crippen LogP contribution >= 0.6 is 22.6 Å². The Hall–Kier alpha value is -3.64. The van der Waals surface area contributed by atoms with Crippen molar-refractivity contribution < 1.29 is 27.8 Å². The summed E-state index contributed by atoms with van der Waals surface area (Å²) in [5.41, 5.74) is 3.32. The number of carbonyl (C=O) groups is 2. The van der Waals surface area contributed by atoms with E-state index in [1.807, 2.05) is 41.1 Å². The lowest BCUT2D eigenvalue weighted by atomic mass is 9.83. The van der Waals surface area contributed by atoms with Crippen molar-refractivity contribution >= 4 is 67.6 Å². The highest BCUT2D eigenvalue weighted by Crippen LogP contribution is 2.45. The Kier molecular flexibility index (Phi) is 15.7. The number of likely N-dealkylation sites (N-methyl/N-ethyl adjacent to an activating group) is 1. The molecular weight excluding hydrogens is 917 g/mol. The first-order valence-electron chi connectivity index (χ1n) is 22.9. The first-order valence-corrected chi connectivity index (χ1v) is 25.1. The van der Waals surface area contributed by atoms with E-state index in [1.165, 1.54) is 44.0 Å². The summed E-state index contributed by atoms with van der Waals surface area (Å²) in [6.45, 7) is 10.6. The molecule has 4 saturated heterocycles. The highest BCUT2D eigenvalue weighted by Gasteiger charge is 2.41. The number of alkyl halides is 1. The molecule has 1 amide bonds. The number of nitrogens with zero attached hydrogens (tertiary/aromatic N) is 8. The largest absolute Gasteiger partial charge is 0.379 e. The van der Waals surface area contributed by atoms with E-state index in [0.717, 1.165) is 93.8 Å². The fourth-order valence-electron chi connectivity index (χ4n) is 10.3. The van der Waals surface area contributed by atoms with Gasteiger partial charge in [-0.15, -0.1) is 0 Å². The molecule has 6 heterocycles. The summed E-state index contributed by atoms with van der Waals surface area (Å²) < 4.78 is 39.4. The average Bonchev–Trinajstić information content (AvgIpc) is 4.26. The molecule has 340 valence electrons. The number of Topliss-reactive ketones (excluding diaryl/α,β-unsaturated/α-hetero) is 1. The molecular formula is C48H63F2IN8O4. The van der Waals surface area contributed by atoms with Crippen molar-refractivity contribution in [2.75, 3.05) is 114 Å². The fourth-order valence-corrected chi connectivity index (χ4v) is 10.3. The predicted octanol–water partition coefficient (Wildman–Crippen LogP) is 6.73. The van der Waals surface area contributed by atoms with Crippen molar-refractivity contribution in [3.63, 3.8) is 0 Å². The van der Waals surface area contributed by atoms with Gasteiger partial charge < -0.3 is 24.2 Å². The molecule has 2 aromatic carbocycles. The Bertz CT molecular complexity index is 2170. The van der Waals surface area contributed by atoms with Gasteiger partial charge in [0.05, 0.1) is 45.2 Å². The third-order valence-electron chi connectivity index (χ3n) is 14.0. The number of morpholine rings is 2. The summed E-state index contributed by atoms with van der Waals surface area (Å²) >= 11 is 2.15. The average molecular weight is 981 g/mol. The molecule has 2 saturated carbocycles. The van der Waals surface area contributed by atoms with E-state index >= 15 is 0 Å². The number of aromatic nitrogens is 3. The topological polar surface area (TPSA) is 107 Å². The number of pyridine rings is 1. The molecule has 0 radical (unpaired) electrons. The summed E-state index contributed by atoms with van der Waals surface area (Å²) in [4.78, 5) is 51.8. The number of hydrogen-bond acceptors (Lipinski definition) is 11. The Labute approximate surface area is 384 Å². The van der Waals surface area contributed by atoms with Gasteiger partial charge in [0.15, 0.2) is 5.82 Å². The molecule has 0 bridgehead atoms. The van der Waals surface area contributed by atoms with Crippen molar-refractivity contribution in [1.29, 1.82) is 0 Å². The molecule has 2 aromatic heterocycles. The fraction of sp³-hybridized carbons (Fsp3) is 0.604. The monoisotopic (exact) mass is 980 g/mol. The van der Waals surface area contributed by atoms with Crippen molar-refractivity contribution in [1.82, 2.24) is 29.7 Å². The first-order chi connectivity index (χ1) is 30.8. The van der Waals surface area contributed by atoms with Crippen LogP contribution in [0.25, 0.3) is 21.9 Å². The van der Waals surface area contributed by atoms with Gasteiger partial charge in [-0.25, -0.2) is 13.8 Å². The van der Waals surface area contributed by atoms with Crippen LogP contribution in [0.5, 0.6) is 0 Å². The van der Waals surface area contributed by atoms with Gasteiger partial charge in [-0.2, -0.15) is 0 Å². The van der Waals surface area contributed by atoms with E-state index in [0.29, 0.717) is 86.0 Å². The van der Waals surface area contributed by atoms with E-state index in [1.54, 1.807) is 12.4 Å². The molecule has 4 unspecified atom stereocenters. The number of ketones is 1. The Morgan fingerprint density at radius 2 is 1.22 bits per heavy atom. The highest BCUT2D eigenvalue weighted by molar-refractivity contribution is 14.1. The molecule has 63 heavy (non-hydrogen) atoms. The molecule has 4 aromatic rings. The normalized spacial score (nSPS) is 24.6. The summed E-state index contributed by atoms with van der Waals surface area (Å²) in [6, 6.07) is 10.7. The van der Waals surface area contributed by atoms with Crippen LogP contribution in [0, 0.1) is 41.2 Å². The van der Waals surface area contributed by atoms with Crippen LogP contribution in [0.1, 0.15) is 44.9 Å². The predicted molar refractivity (Wildman–Crippen MR) is 251 cm³/mol. The number of piperidine rings is 2. The van der Waals surface area contributed by atoms with Crippen molar-refractivity contribution in [2.24, 2.45) is 29.6 Å². The minimum Gasteiger partial charge on any atom is -0.379 e. The lowest BCUT2D eigenvalue weighted by molar-refractivity contribution is -0.134. The van der Waals surface area contributed by atoms with Crippen molar-refractivity contribution in [3.05, 3.63) is 66.6 Å². The molecule has 4 atom stereocenters. The molecule has 15 heteroatoms. The van der Waals surface area contributed by atoms with Crippen LogP contribution in [0.4, 0.5) is 20.2 Å². The lowest BCUT2D eigenvalue weighted by Gasteiger charge is -2.43. The number of amides is 1. The quantitative estimate of drug-likeness (QED) is 0.118. The van der Waals surface area contributed by atoms with Crippen molar-refractivity contribution in [2.45, 2.75) is 51.0 Å². The zero-order valence-corrected chi connectivity index (χ0v) is 39.0. The van der Waals surface area contributed by atoms with Crippen molar-refractivity contribution in [3.8, 4) is 0 Å². The van der Waals surface area contributed by atoms with E-state index < -0.39 is 0 Å². The molecule has 0 N–H and O–H groups in total. The summed E-state index contributed by atoms with van der Waals surface area (Å²) in [7, 11) is 1.95. The third-order valence-corrected chi connectivity index (χ3v) is 14.0. The minimum absolute atomic E-state index is 0.157. The molecule has 6 fully saturated rings. The van der Waals surface area contributed by atoms with Crippen LogP contribution in [-0.4, -0.2) is 151 Å². The second-order valence-electron chi connectivity index (χ2n) is 18.3. The second-order valence-corrected chi connectivity index (χ2v) is 18.3. The van der Waals surface area contributed by atoms with Gasteiger partial charge in [0, 0.05) is 102 Å². The van der Waals surface area contributed by atoms with Gasteiger partial charge in [0.2, 0.25) is 5.91 Å². The molecule has 4 aliphatic heterocycles. The highest BCUT2D eigenvalue weighted by atomic mass is 127. The van der Waals surface area contributed by atoms with E-state index in [2.05, 4.69) is 57.1 Å². The summed E-state index contributed by atoms with van der Waals surface area (Å²) in [6.07, 6.45) is 12.7. The number of anilines is 2. The molecule has 0 spiro atoms. The third kappa shape index (κ3) is 11.6. The Morgan fingerprint density at radius 1 is 0.667 bits per heavy atom. The van der Waals surface area contributed by atoms with Gasteiger partial charge in [-0.3, -0.25) is 29.4 Å². The molecule has 10 rings (SSSR count). The maximum Gasteiger partial charge on any atom is 0.236 e. The molecule has 12 nitrogen and oxygen atoms in total. The Balaban J connectivity index is 0.000000166. The standard InChI is InChI=1S/C24H31FN4O2.C23H29FN4O2.CH3I/c1-27(23(30)16-28-9-11-31-12-10-28)19-13-18(17-4-5-17)14-29(15-19)22-7-6-21(25)24-20(22)3-2-8-26-24;24-20-3-4-21(23-22(20)25-5-6-26-23)28-13-16(11-18(14-28)17-1-2-17)12-19(29)15-27-7-9-30-10-8-27;1-2/h2-3,6-8,17-19H,4-5,9-16H2,1H3;3-6,16-18H,1-2,7-15H2;1H3. The number of halogens is 3. The van der Waals surface area contributed by atoms with Gasteiger partial charge in [0.25, 0.3) is 0 Å². The lowest BCUT2D eigenvalue weighted by Crippen LogP contribution is -2.54. The van der Waals surface area contributed by atoms with Crippen LogP contribution in [0.2, 0.25) is 0 Å². The summed E-state index contributed by atoms with van der Waals surface area (Å²) in [5.74, 6) is 2.87.